The van der Waals surface area contributed by atoms with Gasteiger partial charge in [-0.2, -0.15) is 0 Å². The second kappa shape index (κ2) is 4.61. The van der Waals surface area contributed by atoms with Crippen LogP contribution in [0, 0.1) is 0 Å². The van der Waals surface area contributed by atoms with Crippen LogP contribution >= 0.6 is 0 Å². The Morgan fingerprint density at radius 1 is 1.16 bits per heavy atom. The lowest BCUT2D eigenvalue weighted by molar-refractivity contribution is 0.395. The van der Waals surface area contributed by atoms with E-state index in [1.807, 2.05) is 41.1 Å². The molecule has 1 aromatic carbocycles. The van der Waals surface area contributed by atoms with Crippen LogP contribution in [0.1, 0.15) is 0 Å². The third-order valence-electron chi connectivity index (χ3n) is 2.92. The Labute approximate surface area is 110 Å². The first-order valence-corrected chi connectivity index (χ1v) is 5.84. The summed E-state index contributed by atoms with van der Waals surface area (Å²) in [7, 11) is 3.26. The van der Waals surface area contributed by atoms with E-state index < -0.39 is 0 Å². The van der Waals surface area contributed by atoms with Gasteiger partial charge in [-0.05, 0) is 18.2 Å². The van der Waals surface area contributed by atoms with Crippen molar-refractivity contribution >= 4 is 5.78 Å². The highest BCUT2D eigenvalue weighted by Crippen LogP contribution is 2.32. The number of hydrogen-bond donors (Lipinski definition) is 0. The minimum atomic E-state index is 0.662. The van der Waals surface area contributed by atoms with E-state index in [1.54, 1.807) is 20.4 Å². The summed E-state index contributed by atoms with van der Waals surface area (Å²) in [5.74, 6) is 2.14. The van der Waals surface area contributed by atoms with Crippen molar-refractivity contribution < 1.29 is 9.47 Å². The SMILES string of the molecule is COc1ccc(-c2cn3cccnc3n2)c(OC)c1. The summed E-state index contributed by atoms with van der Waals surface area (Å²) >= 11 is 0. The summed E-state index contributed by atoms with van der Waals surface area (Å²) in [5, 5.41) is 0. The molecule has 0 fully saturated rings. The predicted molar refractivity (Wildman–Crippen MR) is 71.5 cm³/mol. The van der Waals surface area contributed by atoms with Crippen LogP contribution in [-0.2, 0) is 0 Å². The van der Waals surface area contributed by atoms with Gasteiger partial charge in [0.25, 0.3) is 0 Å². The van der Waals surface area contributed by atoms with Gasteiger partial charge < -0.3 is 9.47 Å². The zero-order valence-electron chi connectivity index (χ0n) is 10.7. The molecule has 96 valence electrons. The van der Waals surface area contributed by atoms with Gasteiger partial charge in [-0.15, -0.1) is 0 Å². The highest BCUT2D eigenvalue weighted by molar-refractivity contribution is 5.69. The molecule has 0 saturated carbocycles. The maximum Gasteiger partial charge on any atom is 0.234 e. The molecule has 0 spiro atoms. The van der Waals surface area contributed by atoms with Gasteiger partial charge in [-0.3, -0.25) is 4.40 Å². The minimum absolute atomic E-state index is 0.662. The first-order valence-electron chi connectivity index (χ1n) is 5.84. The van der Waals surface area contributed by atoms with Gasteiger partial charge in [0, 0.05) is 30.2 Å². The van der Waals surface area contributed by atoms with E-state index in [2.05, 4.69) is 9.97 Å². The lowest BCUT2D eigenvalue weighted by Crippen LogP contribution is -1.90. The summed E-state index contributed by atoms with van der Waals surface area (Å²) in [6.45, 7) is 0. The summed E-state index contributed by atoms with van der Waals surface area (Å²) < 4.78 is 12.5. The molecule has 0 amide bonds. The molecule has 3 rings (SSSR count). The minimum Gasteiger partial charge on any atom is -0.497 e. The van der Waals surface area contributed by atoms with Gasteiger partial charge in [0.15, 0.2) is 0 Å². The van der Waals surface area contributed by atoms with E-state index in [9.17, 15) is 0 Å². The number of imidazole rings is 1. The molecule has 0 radical (unpaired) electrons. The Morgan fingerprint density at radius 3 is 2.79 bits per heavy atom. The third-order valence-corrected chi connectivity index (χ3v) is 2.92. The molecule has 5 heteroatoms. The van der Waals surface area contributed by atoms with Crippen molar-refractivity contribution in [2.24, 2.45) is 0 Å². The molecule has 0 aliphatic rings. The van der Waals surface area contributed by atoms with Crippen molar-refractivity contribution in [3.63, 3.8) is 0 Å². The lowest BCUT2D eigenvalue weighted by Gasteiger charge is -2.08. The summed E-state index contributed by atoms with van der Waals surface area (Å²) in [5.41, 5.74) is 1.73. The van der Waals surface area contributed by atoms with E-state index in [1.165, 1.54) is 0 Å². The second-order valence-electron chi connectivity index (χ2n) is 4.02. The zero-order chi connectivity index (χ0) is 13.2. The molecule has 5 nitrogen and oxygen atoms in total. The average Bonchev–Trinajstić information content (AvgIpc) is 2.90. The van der Waals surface area contributed by atoms with Gasteiger partial charge in [-0.25, -0.2) is 9.97 Å². The van der Waals surface area contributed by atoms with Crippen molar-refractivity contribution in [1.29, 1.82) is 0 Å². The smallest absolute Gasteiger partial charge is 0.234 e. The molecular formula is C14H13N3O2. The number of nitrogens with zero attached hydrogens (tertiary/aromatic N) is 3. The van der Waals surface area contributed by atoms with Crippen molar-refractivity contribution in [1.82, 2.24) is 14.4 Å². The summed E-state index contributed by atoms with van der Waals surface area (Å²) in [6, 6.07) is 7.52. The van der Waals surface area contributed by atoms with Gasteiger partial charge in [-0.1, -0.05) is 0 Å². The molecule has 2 heterocycles. The summed E-state index contributed by atoms with van der Waals surface area (Å²) in [4.78, 5) is 8.68. The fraction of sp³-hybridized carbons (Fsp3) is 0.143. The van der Waals surface area contributed by atoms with Gasteiger partial charge in [0.05, 0.1) is 19.9 Å². The van der Waals surface area contributed by atoms with Crippen molar-refractivity contribution in [2.45, 2.75) is 0 Å². The first-order chi connectivity index (χ1) is 9.31. The molecule has 2 aromatic heterocycles. The van der Waals surface area contributed by atoms with Crippen molar-refractivity contribution in [3.05, 3.63) is 42.9 Å². The maximum absolute atomic E-state index is 5.39. The third kappa shape index (κ3) is 1.99. The number of benzene rings is 1. The topological polar surface area (TPSA) is 48.7 Å². The number of fused-ring (bicyclic) bond motifs is 1. The number of methoxy groups -OCH3 is 2. The van der Waals surface area contributed by atoms with Crippen LogP contribution in [0.5, 0.6) is 11.5 Å². The molecule has 0 aliphatic heterocycles. The van der Waals surface area contributed by atoms with Gasteiger partial charge in [0.1, 0.15) is 11.5 Å². The number of aromatic nitrogens is 3. The molecule has 0 unspecified atom stereocenters. The zero-order valence-corrected chi connectivity index (χ0v) is 10.7. The molecule has 3 aromatic rings. The molecule has 0 saturated heterocycles. The number of rotatable bonds is 3. The van der Waals surface area contributed by atoms with Crippen molar-refractivity contribution in [2.75, 3.05) is 14.2 Å². The molecule has 0 aliphatic carbocycles. The van der Waals surface area contributed by atoms with Crippen molar-refractivity contribution in [3.8, 4) is 22.8 Å². The van der Waals surface area contributed by atoms with E-state index in [0.29, 0.717) is 5.78 Å². The van der Waals surface area contributed by atoms with E-state index >= 15 is 0 Å². The number of hydrogen-bond acceptors (Lipinski definition) is 4. The Balaban J connectivity index is 2.15. The van der Waals surface area contributed by atoms with Crippen LogP contribution < -0.4 is 9.47 Å². The maximum atomic E-state index is 5.39. The van der Waals surface area contributed by atoms with E-state index in [-0.39, 0.29) is 0 Å². The monoisotopic (exact) mass is 255 g/mol. The fourth-order valence-corrected chi connectivity index (χ4v) is 1.97. The van der Waals surface area contributed by atoms with Crippen LogP contribution in [0.2, 0.25) is 0 Å². The van der Waals surface area contributed by atoms with E-state index in [4.69, 9.17) is 9.47 Å². The van der Waals surface area contributed by atoms with Crippen LogP contribution in [0.4, 0.5) is 0 Å². The normalized spacial score (nSPS) is 10.6. The fourth-order valence-electron chi connectivity index (χ4n) is 1.97. The highest BCUT2D eigenvalue weighted by atomic mass is 16.5. The van der Waals surface area contributed by atoms with Crippen LogP contribution in [0.3, 0.4) is 0 Å². The van der Waals surface area contributed by atoms with Crippen LogP contribution in [0.25, 0.3) is 17.0 Å². The molecule has 0 bridgehead atoms. The second-order valence-corrected chi connectivity index (χ2v) is 4.02. The summed E-state index contributed by atoms with van der Waals surface area (Å²) in [6.07, 6.45) is 5.55. The van der Waals surface area contributed by atoms with Crippen LogP contribution in [-0.4, -0.2) is 28.6 Å². The predicted octanol–water partition coefficient (Wildman–Crippen LogP) is 2.41. The Bertz CT molecular complexity index is 689. The average molecular weight is 255 g/mol. The lowest BCUT2D eigenvalue weighted by atomic mass is 10.1. The molecular weight excluding hydrogens is 242 g/mol. The molecule has 0 N–H and O–H groups in total. The number of ether oxygens (including phenoxy) is 2. The van der Waals surface area contributed by atoms with E-state index in [0.717, 1.165) is 22.8 Å². The van der Waals surface area contributed by atoms with Crippen LogP contribution in [0.15, 0.2) is 42.9 Å². The highest BCUT2D eigenvalue weighted by Gasteiger charge is 2.11. The largest absolute Gasteiger partial charge is 0.497 e. The Hall–Kier alpha value is -2.56. The van der Waals surface area contributed by atoms with Gasteiger partial charge in [0.2, 0.25) is 5.78 Å². The first kappa shape index (κ1) is 11.5. The standard InChI is InChI=1S/C14H13N3O2/c1-18-10-4-5-11(13(8-10)19-2)12-9-17-7-3-6-15-14(17)16-12/h3-9H,1-2H3. The molecule has 19 heavy (non-hydrogen) atoms. The molecule has 0 atom stereocenters. The Kier molecular flexibility index (Phi) is 2.79. The quantitative estimate of drug-likeness (QED) is 0.721. The van der Waals surface area contributed by atoms with Gasteiger partial charge >= 0.3 is 0 Å². The Morgan fingerprint density at radius 2 is 2.05 bits per heavy atom.